The van der Waals surface area contributed by atoms with Crippen molar-refractivity contribution in [2.75, 3.05) is 0 Å². The summed E-state index contributed by atoms with van der Waals surface area (Å²) in [6, 6.07) is 6.34. The number of ether oxygens (including phenoxy) is 1. The van der Waals surface area contributed by atoms with Crippen molar-refractivity contribution in [3.05, 3.63) is 54.9 Å². The highest BCUT2D eigenvalue weighted by Crippen LogP contribution is 2.33. The van der Waals surface area contributed by atoms with E-state index in [1.807, 2.05) is 0 Å². The summed E-state index contributed by atoms with van der Waals surface area (Å²) in [5.41, 5.74) is -0.143. The molecular formula is C16H13F3N2O3. The average Bonchev–Trinajstić information content (AvgIpc) is 2.54. The van der Waals surface area contributed by atoms with Crippen LogP contribution in [0.1, 0.15) is 18.1 Å². The number of alkyl halides is 3. The summed E-state index contributed by atoms with van der Waals surface area (Å²) >= 11 is 0. The van der Waals surface area contributed by atoms with Crippen LogP contribution in [-0.2, 0) is 4.79 Å². The summed E-state index contributed by atoms with van der Waals surface area (Å²) in [5.74, 6) is -0.301. The van der Waals surface area contributed by atoms with Crippen LogP contribution < -0.4 is 4.74 Å². The first-order valence-corrected chi connectivity index (χ1v) is 6.80. The van der Waals surface area contributed by atoms with Crippen molar-refractivity contribution in [1.29, 1.82) is 0 Å². The monoisotopic (exact) mass is 338 g/mol. The quantitative estimate of drug-likeness (QED) is 0.515. The molecule has 1 unspecified atom stereocenters. The Hall–Kier alpha value is -2.74. The standard InChI is InChI=1S/C16H13F3N2O3/c1-2-5-13(22)24-12-7-4-3-6-11(12)15-20-8-10(9-21-15)14(23)16(17,18)19/h2-4,6-9,14,23H,1,5H2. The molecule has 24 heavy (non-hydrogen) atoms. The normalized spacial score (nSPS) is 12.5. The van der Waals surface area contributed by atoms with Crippen molar-refractivity contribution >= 4 is 5.97 Å². The van der Waals surface area contributed by atoms with E-state index < -0.39 is 23.8 Å². The van der Waals surface area contributed by atoms with Gasteiger partial charge in [-0.25, -0.2) is 9.97 Å². The van der Waals surface area contributed by atoms with E-state index in [1.54, 1.807) is 18.2 Å². The molecule has 0 radical (unpaired) electrons. The highest BCUT2D eigenvalue weighted by molar-refractivity contribution is 5.77. The zero-order valence-corrected chi connectivity index (χ0v) is 12.3. The molecule has 1 heterocycles. The van der Waals surface area contributed by atoms with Crippen LogP contribution in [0.4, 0.5) is 13.2 Å². The van der Waals surface area contributed by atoms with Gasteiger partial charge in [0, 0.05) is 18.0 Å². The van der Waals surface area contributed by atoms with E-state index in [-0.39, 0.29) is 18.0 Å². The fourth-order valence-corrected chi connectivity index (χ4v) is 1.83. The second-order valence-corrected chi connectivity index (χ2v) is 4.75. The van der Waals surface area contributed by atoms with Gasteiger partial charge < -0.3 is 9.84 Å². The van der Waals surface area contributed by atoms with Gasteiger partial charge in [-0.2, -0.15) is 13.2 Å². The van der Waals surface area contributed by atoms with Crippen molar-refractivity contribution in [3.63, 3.8) is 0 Å². The summed E-state index contributed by atoms with van der Waals surface area (Å²) in [5, 5.41) is 9.17. The third kappa shape index (κ3) is 4.17. The minimum absolute atomic E-state index is 0.00586. The van der Waals surface area contributed by atoms with Gasteiger partial charge >= 0.3 is 12.1 Å². The van der Waals surface area contributed by atoms with Crippen LogP contribution in [0, 0.1) is 0 Å². The number of esters is 1. The predicted octanol–water partition coefficient (Wildman–Crippen LogP) is 3.22. The lowest BCUT2D eigenvalue weighted by Crippen LogP contribution is -2.20. The highest BCUT2D eigenvalue weighted by Gasteiger charge is 2.39. The Morgan fingerprint density at radius 2 is 1.92 bits per heavy atom. The first-order chi connectivity index (χ1) is 11.3. The van der Waals surface area contributed by atoms with Crippen molar-refractivity contribution in [2.45, 2.75) is 18.7 Å². The second kappa shape index (κ2) is 7.22. The molecule has 2 aromatic rings. The number of aliphatic hydroxyl groups is 1. The lowest BCUT2D eigenvalue weighted by atomic mass is 10.1. The maximum Gasteiger partial charge on any atom is 0.418 e. The molecule has 0 aliphatic rings. The minimum atomic E-state index is -4.80. The molecule has 1 N–H and O–H groups in total. The number of aromatic nitrogens is 2. The van der Waals surface area contributed by atoms with E-state index in [4.69, 9.17) is 9.84 Å². The maximum absolute atomic E-state index is 12.5. The second-order valence-electron chi connectivity index (χ2n) is 4.75. The summed E-state index contributed by atoms with van der Waals surface area (Å²) in [4.78, 5) is 19.2. The van der Waals surface area contributed by atoms with Gasteiger partial charge in [0.05, 0.1) is 12.0 Å². The number of hydrogen-bond donors (Lipinski definition) is 1. The molecule has 0 amide bonds. The smallest absolute Gasteiger partial charge is 0.418 e. The number of para-hydroxylation sites is 1. The number of aliphatic hydroxyl groups excluding tert-OH is 1. The molecule has 5 nitrogen and oxygen atoms in total. The molecule has 2 rings (SSSR count). The number of hydrogen-bond acceptors (Lipinski definition) is 5. The Kier molecular flexibility index (Phi) is 5.30. The first-order valence-electron chi connectivity index (χ1n) is 6.80. The van der Waals surface area contributed by atoms with E-state index in [9.17, 15) is 18.0 Å². The molecule has 1 aromatic carbocycles. The molecule has 0 saturated carbocycles. The van der Waals surface area contributed by atoms with Gasteiger partial charge in [-0.3, -0.25) is 4.79 Å². The largest absolute Gasteiger partial charge is 0.426 e. The van der Waals surface area contributed by atoms with Gasteiger partial charge in [-0.15, -0.1) is 6.58 Å². The Morgan fingerprint density at radius 3 is 2.50 bits per heavy atom. The molecule has 0 bridgehead atoms. The van der Waals surface area contributed by atoms with Crippen LogP contribution >= 0.6 is 0 Å². The lowest BCUT2D eigenvalue weighted by molar-refractivity contribution is -0.206. The van der Waals surface area contributed by atoms with Crippen LogP contribution in [0.5, 0.6) is 5.75 Å². The minimum Gasteiger partial charge on any atom is -0.426 e. The molecule has 8 heteroatoms. The Balaban J connectivity index is 2.29. The SMILES string of the molecule is C=CCC(=O)Oc1ccccc1-c1ncc(C(O)C(F)(F)F)cn1. The summed E-state index contributed by atoms with van der Waals surface area (Å²) in [7, 11) is 0. The fraction of sp³-hybridized carbons (Fsp3) is 0.188. The molecule has 0 aliphatic heterocycles. The first kappa shape index (κ1) is 17.6. The Morgan fingerprint density at radius 1 is 1.29 bits per heavy atom. The van der Waals surface area contributed by atoms with Gasteiger partial charge in [0.25, 0.3) is 0 Å². The Labute approximate surface area is 135 Å². The van der Waals surface area contributed by atoms with Gasteiger partial charge in [0.1, 0.15) is 5.75 Å². The summed E-state index contributed by atoms with van der Waals surface area (Å²) < 4.78 is 42.6. The lowest BCUT2D eigenvalue weighted by Gasteiger charge is -2.14. The molecule has 0 spiro atoms. The van der Waals surface area contributed by atoms with E-state index >= 15 is 0 Å². The molecule has 0 aliphatic carbocycles. The molecule has 1 aromatic heterocycles. The third-order valence-electron chi connectivity index (χ3n) is 2.96. The Bertz CT molecular complexity index is 730. The zero-order valence-electron chi connectivity index (χ0n) is 12.3. The van der Waals surface area contributed by atoms with E-state index in [0.29, 0.717) is 5.56 Å². The number of carbonyl (C=O) groups is 1. The molecule has 0 saturated heterocycles. The van der Waals surface area contributed by atoms with Crippen molar-refractivity contribution in [3.8, 4) is 17.1 Å². The topological polar surface area (TPSA) is 72.3 Å². The number of benzene rings is 1. The van der Waals surface area contributed by atoms with Crippen LogP contribution in [0.25, 0.3) is 11.4 Å². The molecular weight excluding hydrogens is 325 g/mol. The third-order valence-corrected chi connectivity index (χ3v) is 2.96. The van der Waals surface area contributed by atoms with Gasteiger partial charge in [0.2, 0.25) is 0 Å². The van der Waals surface area contributed by atoms with Crippen LogP contribution in [0.15, 0.2) is 49.3 Å². The summed E-state index contributed by atoms with van der Waals surface area (Å²) in [6.45, 7) is 3.43. The number of nitrogens with zero attached hydrogens (tertiary/aromatic N) is 2. The van der Waals surface area contributed by atoms with Crippen LogP contribution in [0.2, 0.25) is 0 Å². The molecule has 126 valence electrons. The molecule has 0 fully saturated rings. The average molecular weight is 338 g/mol. The van der Waals surface area contributed by atoms with Crippen molar-refractivity contribution < 1.29 is 27.8 Å². The van der Waals surface area contributed by atoms with Gasteiger partial charge in [-0.05, 0) is 12.1 Å². The summed E-state index contributed by atoms with van der Waals surface area (Å²) in [6.07, 6.45) is -4.32. The highest BCUT2D eigenvalue weighted by atomic mass is 19.4. The van der Waals surface area contributed by atoms with Gasteiger partial charge in [-0.1, -0.05) is 18.2 Å². The number of rotatable bonds is 5. The zero-order chi connectivity index (χ0) is 17.7. The number of carbonyl (C=O) groups excluding carboxylic acids is 1. The van der Waals surface area contributed by atoms with Crippen molar-refractivity contribution in [2.24, 2.45) is 0 Å². The number of halogens is 3. The van der Waals surface area contributed by atoms with Gasteiger partial charge in [0.15, 0.2) is 11.9 Å². The molecule has 1 atom stereocenters. The predicted molar refractivity (Wildman–Crippen MR) is 78.9 cm³/mol. The van der Waals surface area contributed by atoms with Crippen molar-refractivity contribution in [1.82, 2.24) is 9.97 Å². The fourth-order valence-electron chi connectivity index (χ4n) is 1.83. The van der Waals surface area contributed by atoms with Crippen LogP contribution in [0.3, 0.4) is 0 Å². The van der Waals surface area contributed by atoms with E-state index in [1.165, 1.54) is 12.1 Å². The van der Waals surface area contributed by atoms with Crippen LogP contribution in [-0.4, -0.2) is 27.2 Å². The maximum atomic E-state index is 12.5. The van der Waals surface area contributed by atoms with E-state index in [2.05, 4.69) is 16.5 Å². The van der Waals surface area contributed by atoms with E-state index in [0.717, 1.165) is 12.4 Å².